The van der Waals surface area contributed by atoms with Crippen molar-refractivity contribution < 1.29 is 23.9 Å². The van der Waals surface area contributed by atoms with Crippen molar-refractivity contribution in [3.8, 4) is 5.75 Å². The molecule has 0 radical (unpaired) electrons. The number of anilines is 1. The molecule has 0 bridgehead atoms. The van der Waals surface area contributed by atoms with Crippen molar-refractivity contribution in [3.05, 3.63) is 40.4 Å². The van der Waals surface area contributed by atoms with Crippen LogP contribution in [-0.2, 0) is 22.4 Å². The number of hydrogen-bond acceptors (Lipinski definition) is 7. The van der Waals surface area contributed by atoms with Gasteiger partial charge in [0.25, 0.3) is 5.91 Å². The fourth-order valence-electron chi connectivity index (χ4n) is 2.82. The standard InChI is InChI=1S/C23H31N5O5S/c1-14(29)24-12-13-25-20(31)19-18(27-21(34-19)26-15(2)30)11-8-16-6-9-17(10-7-16)33-22(32)28-23(3,4)5/h6-7,9-10H,8,11-13H2,1-5H3,(H,24,29)(H,25,31)(H,28,32)(H,26,27,30). The van der Waals surface area contributed by atoms with Crippen LogP contribution in [-0.4, -0.2) is 47.4 Å². The van der Waals surface area contributed by atoms with E-state index in [4.69, 9.17) is 4.74 Å². The summed E-state index contributed by atoms with van der Waals surface area (Å²) >= 11 is 1.10. The quantitative estimate of drug-likeness (QED) is 0.400. The van der Waals surface area contributed by atoms with E-state index >= 15 is 0 Å². The van der Waals surface area contributed by atoms with Crippen molar-refractivity contribution in [1.82, 2.24) is 20.9 Å². The Hall–Kier alpha value is -3.47. The summed E-state index contributed by atoms with van der Waals surface area (Å²) in [7, 11) is 0. The molecule has 4 N–H and O–H groups in total. The Morgan fingerprint density at radius 3 is 2.18 bits per heavy atom. The molecule has 2 rings (SSSR count). The first-order valence-electron chi connectivity index (χ1n) is 10.8. The second-order valence-electron chi connectivity index (χ2n) is 8.62. The third kappa shape index (κ3) is 9.57. The van der Waals surface area contributed by atoms with E-state index in [2.05, 4.69) is 26.3 Å². The van der Waals surface area contributed by atoms with Crippen molar-refractivity contribution in [2.24, 2.45) is 0 Å². The van der Waals surface area contributed by atoms with Crippen LogP contribution in [0, 0.1) is 0 Å². The van der Waals surface area contributed by atoms with E-state index in [-0.39, 0.29) is 24.3 Å². The summed E-state index contributed by atoms with van der Waals surface area (Å²) in [6.45, 7) is 8.97. The van der Waals surface area contributed by atoms with E-state index in [1.165, 1.54) is 13.8 Å². The van der Waals surface area contributed by atoms with E-state index in [0.29, 0.717) is 40.8 Å². The zero-order valence-electron chi connectivity index (χ0n) is 20.0. The molecule has 1 heterocycles. The molecule has 0 atom stereocenters. The summed E-state index contributed by atoms with van der Waals surface area (Å²) in [5.41, 5.74) is 1.14. The van der Waals surface area contributed by atoms with Crippen molar-refractivity contribution in [2.75, 3.05) is 18.4 Å². The predicted molar refractivity (Wildman–Crippen MR) is 130 cm³/mol. The maximum Gasteiger partial charge on any atom is 0.413 e. The number of amides is 4. The molecule has 0 saturated heterocycles. The van der Waals surface area contributed by atoms with Gasteiger partial charge >= 0.3 is 6.09 Å². The van der Waals surface area contributed by atoms with Gasteiger partial charge in [0.05, 0.1) is 5.69 Å². The number of carbonyl (C=O) groups excluding carboxylic acids is 4. The van der Waals surface area contributed by atoms with Crippen LogP contribution < -0.4 is 26.0 Å². The number of rotatable bonds is 9. The molecular formula is C23H31N5O5S. The topological polar surface area (TPSA) is 139 Å². The van der Waals surface area contributed by atoms with Gasteiger partial charge in [0.15, 0.2) is 5.13 Å². The summed E-state index contributed by atoms with van der Waals surface area (Å²) in [6.07, 6.45) is 0.529. The Kier molecular flexibility index (Phi) is 9.55. The molecule has 1 aromatic carbocycles. The molecule has 0 spiro atoms. The second kappa shape index (κ2) is 12.1. The lowest BCUT2D eigenvalue weighted by Crippen LogP contribution is -2.42. The van der Waals surface area contributed by atoms with E-state index in [1.54, 1.807) is 12.1 Å². The molecule has 0 fully saturated rings. The minimum absolute atomic E-state index is 0.174. The number of ether oxygens (including phenoxy) is 1. The molecule has 0 aliphatic heterocycles. The molecule has 1 aromatic heterocycles. The lowest BCUT2D eigenvalue weighted by atomic mass is 10.1. The number of aryl methyl sites for hydroxylation is 2. The number of carbonyl (C=O) groups is 4. The van der Waals surface area contributed by atoms with Crippen LogP contribution in [0.1, 0.15) is 55.5 Å². The first-order chi connectivity index (χ1) is 15.9. The summed E-state index contributed by atoms with van der Waals surface area (Å²) in [5, 5.41) is 11.1. The van der Waals surface area contributed by atoms with Crippen molar-refractivity contribution in [1.29, 1.82) is 0 Å². The van der Waals surface area contributed by atoms with Gasteiger partial charge in [-0.25, -0.2) is 9.78 Å². The molecule has 4 amide bonds. The number of hydrogen-bond donors (Lipinski definition) is 4. The molecule has 10 nitrogen and oxygen atoms in total. The Balaban J connectivity index is 2.02. The lowest BCUT2D eigenvalue weighted by molar-refractivity contribution is -0.119. The van der Waals surface area contributed by atoms with Crippen LogP contribution in [0.25, 0.3) is 0 Å². The number of nitrogens with zero attached hydrogens (tertiary/aromatic N) is 1. The van der Waals surface area contributed by atoms with Gasteiger partial charge in [-0.2, -0.15) is 0 Å². The molecule has 2 aromatic rings. The van der Waals surface area contributed by atoms with Gasteiger partial charge in [-0.3, -0.25) is 14.4 Å². The fraction of sp³-hybridized carbons (Fsp3) is 0.435. The van der Waals surface area contributed by atoms with Crippen molar-refractivity contribution in [2.45, 2.75) is 53.0 Å². The molecule has 0 aliphatic rings. The molecular weight excluding hydrogens is 458 g/mol. The monoisotopic (exact) mass is 489 g/mol. The minimum atomic E-state index is -0.526. The zero-order valence-corrected chi connectivity index (χ0v) is 20.9. The number of nitrogens with one attached hydrogen (secondary N) is 4. The van der Waals surface area contributed by atoms with E-state index < -0.39 is 11.6 Å². The van der Waals surface area contributed by atoms with Crippen molar-refractivity contribution in [3.63, 3.8) is 0 Å². The molecule has 0 aliphatic carbocycles. The summed E-state index contributed by atoms with van der Waals surface area (Å²) < 4.78 is 5.28. The molecule has 0 saturated carbocycles. The van der Waals surface area contributed by atoms with Gasteiger partial charge < -0.3 is 26.0 Å². The zero-order chi connectivity index (χ0) is 25.3. The Bertz CT molecular complexity index is 1030. The highest BCUT2D eigenvalue weighted by Crippen LogP contribution is 2.25. The number of benzene rings is 1. The van der Waals surface area contributed by atoms with Gasteiger partial charge in [0, 0.05) is 32.5 Å². The highest BCUT2D eigenvalue weighted by atomic mass is 32.1. The largest absolute Gasteiger partial charge is 0.413 e. The highest BCUT2D eigenvalue weighted by molar-refractivity contribution is 7.17. The van der Waals surface area contributed by atoms with Crippen LogP contribution in [0.5, 0.6) is 5.75 Å². The first-order valence-corrected chi connectivity index (χ1v) is 11.6. The smallest absolute Gasteiger partial charge is 0.410 e. The lowest BCUT2D eigenvalue weighted by Gasteiger charge is -2.19. The van der Waals surface area contributed by atoms with Crippen LogP contribution in [0.2, 0.25) is 0 Å². The Morgan fingerprint density at radius 1 is 0.941 bits per heavy atom. The van der Waals surface area contributed by atoms with E-state index in [0.717, 1.165) is 16.9 Å². The van der Waals surface area contributed by atoms with Crippen LogP contribution in [0.4, 0.5) is 9.93 Å². The second-order valence-corrected chi connectivity index (χ2v) is 9.62. The predicted octanol–water partition coefficient (Wildman–Crippen LogP) is 2.64. The molecule has 0 unspecified atom stereocenters. The van der Waals surface area contributed by atoms with E-state index in [9.17, 15) is 19.2 Å². The molecule has 184 valence electrons. The van der Waals surface area contributed by atoms with Gasteiger partial charge in [0.1, 0.15) is 10.6 Å². The Labute approximate surface area is 202 Å². The van der Waals surface area contributed by atoms with Crippen LogP contribution in [0.15, 0.2) is 24.3 Å². The minimum Gasteiger partial charge on any atom is -0.410 e. The number of aromatic nitrogens is 1. The average molecular weight is 490 g/mol. The molecule has 11 heteroatoms. The first kappa shape index (κ1) is 26.8. The fourth-order valence-corrected chi connectivity index (χ4v) is 3.80. The van der Waals surface area contributed by atoms with E-state index in [1.807, 2.05) is 32.9 Å². The third-order valence-corrected chi connectivity index (χ3v) is 5.24. The average Bonchev–Trinajstić information content (AvgIpc) is 3.11. The van der Waals surface area contributed by atoms with Gasteiger partial charge in [-0.1, -0.05) is 23.5 Å². The normalized spacial score (nSPS) is 10.9. The van der Waals surface area contributed by atoms with Gasteiger partial charge in [-0.05, 0) is 51.3 Å². The number of thiazole rings is 1. The third-order valence-electron chi connectivity index (χ3n) is 4.23. The van der Waals surface area contributed by atoms with Crippen LogP contribution >= 0.6 is 11.3 Å². The SMILES string of the molecule is CC(=O)NCCNC(=O)c1sc(NC(C)=O)nc1CCc1ccc(OC(=O)NC(C)(C)C)cc1. The maximum atomic E-state index is 12.6. The van der Waals surface area contributed by atoms with Gasteiger partial charge in [-0.15, -0.1) is 0 Å². The summed E-state index contributed by atoms with van der Waals surface area (Å²) in [6, 6.07) is 7.09. The Morgan fingerprint density at radius 2 is 1.59 bits per heavy atom. The summed E-state index contributed by atoms with van der Waals surface area (Å²) in [5.74, 6) is -0.342. The van der Waals surface area contributed by atoms with Gasteiger partial charge in [0.2, 0.25) is 11.8 Å². The maximum absolute atomic E-state index is 12.6. The van der Waals surface area contributed by atoms with Crippen LogP contribution in [0.3, 0.4) is 0 Å². The van der Waals surface area contributed by atoms with Crippen molar-refractivity contribution >= 4 is 40.3 Å². The molecule has 34 heavy (non-hydrogen) atoms. The highest BCUT2D eigenvalue weighted by Gasteiger charge is 2.19. The summed E-state index contributed by atoms with van der Waals surface area (Å²) in [4.78, 5) is 51.8.